The zero-order chi connectivity index (χ0) is 40.8. The minimum absolute atomic E-state index is 0.471. The van der Waals surface area contributed by atoms with Gasteiger partial charge in [0.05, 0.1) is 5.41 Å². The topological polar surface area (TPSA) is 29.5 Å². The van der Waals surface area contributed by atoms with Crippen LogP contribution in [0.15, 0.2) is 233 Å². The van der Waals surface area contributed by atoms with Gasteiger partial charge in [-0.05, 0) is 128 Å². The number of benzene rings is 10. The van der Waals surface area contributed by atoms with Gasteiger partial charge < -0.3 is 13.7 Å². The third kappa shape index (κ3) is 5.12. The molecule has 0 saturated heterocycles. The molecule has 290 valence electrons. The largest absolute Gasteiger partial charge is 0.456 e. The maximum Gasteiger partial charge on any atom is 0.136 e. The molecule has 3 heteroatoms. The van der Waals surface area contributed by atoms with Crippen LogP contribution in [-0.2, 0) is 5.41 Å². The van der Waals surface area contributed by atoms with E-state index in [1.54, 1.807) is 0 Å². The molecular weight excluding hydrogens is 755 g/mol. The van der Waals surface area contributed by atoms with Crippen molar-refractivity contribution in [1.82, 2.24) is 0 Å². The lowest BCUT2D eigenvalue weighted by Crippen LogP contribution is -2.28. The minimum atomic E-state index is -0.471. The summed E-state index contributed by atoms with van der Waals surface area (Å²) < 4.78 is 12.8. The summed E-state index contributed by atoms with van der Waals surface area (Å²) in [5.41, 5.74) is 16.2. The number of para-hydroxylation sites is 1. The average molecular weight is 792 g/mol. The van der Waals surface area contributed by atoms with Crippen molar-refractivity contribution in [2.75, 3.05) is 4.90 Å². The molecule has 12 aromatic rings. The summed E-state index contributed by atoms with van der Waals surface area (Å²) in [6, 6.07) is 81.2. The number of hydrogen-bond donors (Lipinski definition) is 0. The van der Waals surface area contributed by atoms with Crippen molar-refractivity contribution in [3.05, 3.63) is 247 Å². The van der Waals surface area contributed by atoms with Gasteiger partial charge in [-0.25, -0.2) is 0 Å². The predicted molar refractivity (Wildman–Crippen MR) is 256 cm³/mol. The Bertz CT molecular complexity index is 3630. The molecule has 0 fully saturated rings. The summed E-state index contributed by atoms with van der Waals surface area (Å²) in [6.07, 6.45) is 0. The first-order chi connectivity index (χ1) is 30.7. The molecule has 13 rings (SSSR count). The van der Waals surface area contributed by atoms with E-state index in [0.29, 0.717) is 0 Å². The lowest BCUT2D eigenvalue weighted by molar-refractivity contribution is 0.668. The summed E-state index contributed by atoms with van der Waals surface area (Å²) in [5, 5.41) is 6.63. The molecule has 2 aromatic heterocycles. The summed E-state index contributed by atoms with van der Waals surface area (Å²) in [4.78, 5) is 2.37. The number of nitrogens with zero attached hydrogens (tertiary/aromatic N) is 1. The van der Waals surface area contributed by atoms with Crippen LogP contribution in [0.2, 0.25) is 0 Å². The SMILES string of the molecule is c1ccc(-c2ccc(N(c3ccc(C4(c5ccccc5)c5ccccc5-c5ccccc54)cc3)c3ccc4oc5cc6cc7oc8ccccc8c7cc6cc5c4c3)cc2)cc1. The van der Waals surface area contributed by atoms with Crippen LogP contribution in [0.3, 0.4) is 0 Å². The second kappa shape index (κ2) is 13.4. The highest BCUT2D eigenvalue weighted by Gasteiger charge is 2.45. The number of anilines is 3. The number of hydrogen-bond acceptors (Lipinski definition) is 3. The number of furan rings is 2. The van der Waals surface area contributed by atoms with Crippen molar-refractivity contribution in [2.24, 2.45) is 0 Å². The molecule has 0 atom stereocenters. The van der Waals surface area contributed by atoms with E-state index in [-0.39, 0.29) is 0 Å². The van der Waals surface area contributed by atoms with Crippen molar-refractivity contribution in [3.8, 4) is 22.3 Å². The zero-order valence-corrected chi connectivity index (χ0v) is 33.6. The minimum Gasteiger partial charge on any atom is -0.456 e. The molecular formula is C59H37NO2. The molecule has 0 unspecified atom stereocenters. The summed E-state index contributed by atoms with van der Waals surface area (Å²) in [5.74, 6) is 0. The van der Waals surface area contributed by atoms with Crippen LogP contribution in [0, 0.1) is 0 Å². The predicted octanol–water partition coefficient (Wildman–Crippen LogP) is 16.1. The molecule has 0 radical (unpaired) electrons. The quantitative estimate of drug-likeness (QED) is 0.168. The molecule has 62 heavy (non-hydrogen) atoms. The van der Waals surface area contributed by atoms with Crippen LogP contribution < -0.4 is 4.90 Å². The molecule has 3 nitrogen and oxygen atoms in total. The van der Waals surface area contributed by atoms with Crippen LogP contribution in [0.1, 0.15) is 22.3 Å². The van der Waals surface area contributed by atoms with Gasteiger partial charge in [0, 0.05) is 38.6 Å². The number of fused-ring (bicyclic) bond motifs is 10. The second-order valence-corrected chi connectivity index (χ2v) is 16.4. The van der Waals surface area contributed by atoms with Gasteiger partial charge >= 0.3 is 0 Å². The van der Waals surface area contributed by atoms with E-state index in [9.17, 15) is 0 Å². The van der Waals surface area contributed by atoms with Crippen molar-refractivity contribution < 1.29 is 8.83 Å². The van der Waals surface area contributed by atoms with Crippen molar-refractivity contribution in [2.45, 2.75) is 5.41 Å². The van der Waals surface area contributed by atoms with Crippen molar-refractivity contribution in [1.29, 1.82) is 0 Å². The van der Waals surface area contributed by atoms with Crippen LogP contribution in [-0.4, -0.2) is 0 Å². The van der Waals surface area contributed by atoms with E-state index >= 15 is 0 Å². The zero-order valence-electron chi connectivity index (χ0n) is 33.6. The fraction of sp³-hybridized carbons (Fsp3) is 0.0169. The van der Waals surface area contributed by atoms with E-state index in [4.69, 9.17) is 8.83 Å². The van der Waals surface area contributed by atoms with Gasteiger partial charge in [-0.15, -0.1) is 0 Å². The number of rotatable bonds is 6. The lowest BCUT2D eigenvalue weighted by Gasteiger charge is -2.34. The molecule has 0 spiro atoms. The fourth-order valence-electron chi connectivity index (χ4n) is 10.3. The van der Waals surface area contributed by atoms with Gasteiger partial charge in [-0.1, -0.05) is 152 Å². The van der Waals surface area contributed by atoms with Gasteiger partial charge in [-0.3, -0.25) is 0 Å². The first kappa shape index (κ1) is 34.7. The second-order valence-electron chi connectivity index (χ2n) is 16.4. The Hall–Kier alpha value is -8.14. The highest BCUT2D eigenvalue weighted by Crippen LogP contribution is 2.56. The lowest BCUT2D eigenvalue weighted by atomic mass is 9.68. The molecule has 1 aliphatic rings. The maximum absolute atomic E-state index is 6.58. The van der Waals surface area contributed by atoms with Gasteiger partial charge in [0.15, 0.2) is 0 Å². The van der Waals surface area contributed by atoms with E-state index in [1.165, 1.54) is 44.5 Å². The van der Waals surface area contributed by atoms with Crippen molar-refractivity contribution >= 4 is 71.7 Å². The van der Waals surface area contributed by atoms with Crippen LogP contribution >= 0.6 is 0 Å². The first-order valence-corrected chi connectivity index (χ1v) is 21.2. The summed E-state index contributed by atoms with van der Waals surface area (Å²) >= 11 is 0. The molecule has 0 saturated carbocycles. The Labute approximate surface area is 358 Å². The van der Waals surface area contributed by atoms with Crippen LogP contribution in [0.5, 0.6) is 0 Å². The Kier molecular flexibility index (Phi) is 7.52. The highest BCUT2D eigenvalue weighted by atomic mass is 16.3. The van der Waals surface area contributed by atoms with E-state index in [2.05, 4.69) is 217 Å². The highest BCUT2D eigenvalue weighted by molar-refractivity contribution is 6.15. The maximum atomic E-state index is 6.58. The van der Waals surface area contributed by atoms with Gasteiger partial charge in [0.2, 0.25) is 0 Å². The van der Waals surface area contributed by atoms with Gasteiger partial charge in [0.1, 0.15) is 22.3 Å². The standard InChI is InChI=1S/C59H37NO2/c1-3-13-38(14-4-1)39-23-27-44(28-24-39)60(45-29-25-43(26-30-45)59(42-15-5-2-6-16-42)53-20-10-7-17-47(53)48-18-8-11-21-54(48)59)46-31-32-56-52(37-46)51-34-40-33-50-49-19-9-12-22-55(49)61-57(50)35-41(40)36-58(51)62-56/h1-37H. The van der Waals surface area contributed by atoms with Gasteiger partial charge in [0.25, 0.3) is 0 Å². The smallest absolute Gasteiger partial charge is 0.136 e. The Balaban J connectivity index is 0.985. The van der Waals surface area contributed by atoms with Crippen LogP contribution in [0.4, 0.5) is 17.1 Å². The van der Waals surface area contributed by atoms with Crippen LogP contribution in [0.25, 0.3) is 76.9 Å². The molecule has 2 heterocycles. The normalized spacial score (nSPS) is 13.0. The molecule has 0 N–H and O–H groups in total. The van der Waals surface area contributed by atoms with Crippen molar-refractivity contribution in [3.63, 3.8) is 0 Å². The van der Waals surface area contributed by atoms with E-state index < -0.39 is 5.41 Å². The van der Waals surface area contributed by atoms with E-state index in [0.717, 1.165) is 71.7 Å². The summed E-state index contributed by atoms with van der Waals surface area (Å²) in [6.45, 7) is 0. The molecule has 0 aliphatic heterocycles. The molecule has 1 aliphatic carbocycles. The fourth-order valence-corrected chi connectivity index (χ4v) is 10.3. The monoisotopic (exact) mass is 791 g/mol. The molecule has 0 amide bonds. The summed E-state index contributed by atoms with van der Waals surface area (Å²) in [7, 11) is 0. The van der Waals surface area contributed by atoms with E-state index in [1.807, 2.05) is 12.1 Å². The Morgan fingerprint density at radius 1 is 0.306 bits per heavy atom. The third-order valence-electron chi connectivity index (χ3n) is 13.1. The van der Waals surface area contributed by atoms with Gasteiger partial charge in [-0.2, -0.15) is 0 Å². The first-order valence-electron chi connectivity index (χ1n) is 21.2. The molecule has 0 bridgehead atoms. The average Bonchev–Trinajstić information content (AvgIpc) is 3.98. The Morgan fingerprint density at radius 3 is 1.45 bits per heavy atom. The third-order valence-corrected chi connectivity index (χ3v) is 13.1. The molecule has 10 aromatic carbocycles. The Morgan fingerprint density at radius 2 is 0.774 bits per heavy atom.